The van der Waals surface area contributed by atoms with Crippen LogP contribution >= 0.6 is 10.3 Å². The Morgan fingerprint density at radius 1 is 1.15 bits per heavy atom. The fourth-order valence-corrected chi connectivity index (χ4v) is 2.51. The summed E-state index contributed by atoms with van der Waals surface area (Å²) in [5, 5.41) is 8.83. The second-order valence-electron chi connectivity index (χ2n) is 5.88. The SMILES string of the molecule is C=C(/N=C/c1cc(F)ccc1Oc1ccc(C#N)cc1)OS(C)(C)C.CC. The van der Waals surface area contributed by atoms with Gasteiger partial charge in [0.2, 0.25) is 5.88 Å². The second kappa shape index (κ2) is 10.4. The summed E-state index contributed by atoms with van der Waals surface area (Å²) in [5.41, 5.74) is 0.990. The second-order valence-corrected chi connectivity index (χ2v) is 9.50. The van der Waals surface area contributed by atoms with Gasteiger partial charge in [0.1, 0.15) is 17.3 Å². The van der Waals surface area contributed by atoms with Crippen molar-refractivity contribution < 1.29 is 13.3 Å². The molecular weight excluding hydrogens is 363 g/mol. The van der Waals surface area contributed by atoms with Crippen molar-refractivity contribution in [2.75, 3.05) is 18.8 Å². The van der Waals surface area contributed by atoms with Gasteiger partial charge in [-0.15, -0.1) is 0 Å². The zero-order valence-electron chi connectivity index (χ0n) is 16.3. The number of nitriles is 1. The number of halogens is 1. The molecular formula is C21H25FN2O2S. The Kier molecular flexibility index (Phi) is 8.57. The van der Waals surface area contributed by atoms with Crippen LogP contribution in [0.25, 0.3) is 0 Å². The van der Waals surface area contributed by atoms with Crippen LogP contribution in [0, 0.1) is 17.1 Å². The number of aliphatic imine (C=N–C) groups is 1. The van der Waals surface area contributed by atoms with Gasteiger partial charge in [-0.25, -0.2) is 9.38 Å². The molecule has 0 unspecified atom stereocenters. The molecule has 27 heavy (non-hydrogen) atoms. The van der Waals surface area contributed by atoms with Crippen LogP contribution in [-0.4, -0.2) is 25.0 Å². The van der Waals surface area contributed by atoms with Crippen molar-refractivity contribution in [1.29, 1.82) is 5.26 Å². The van der Waals surface area contributed by atoms with Crippen LogP contribution in [0.3, 0.4) is 0 Å². The van der Waals surface area contributed by atoms with Gasteiger partial charge in [0.25, 0.3) is 0 Å². The maximum absolute atomic E-state index is 13.6. The lowest BCUT2D eigenvalue weighted by Crippen LogP contribution is -1.97. The smallest absolute Gasteiger partial charge is 0.217 e. The number of ether oxygens (including phenoxy) is 1. The minimum absolute atomic E-state index is 0.260. The molecule has 2 rings (SSSR count). The Labute approximate surface area is 162 Å². The van der Waals surface area contributed by atoms with Gasteiger partial charge in [0, 0.05) is 11.8 Å². The normalized spacial score (nSPS) is 11.1. The Hall–Kier alpha value is -2.78. The van der Waals surface area contributed by atoms with E-state index < -0.39 is 16.1 Å². The maximum atomic E-state index is 13.6. The van der Waals surface area contributed by atoms with Crippen molar-refractivity contribution in [2.24, 2.45) is 4.99 Å². The van der Waals surface area contributed by atoms with Crippen molar-refractivity contribution >= 4 is 16.5 Å². The molecule has 0 amide bonds. The summed E-state index contributed by atoms with van der Waals surface area (Å²) < 4.78 is 24.9. The zero-order valence-corrected chi connectivity index (χ0v) is 17.1. The third-order valence-electron chi connectivity index (χ3n) is 2.88. The van der Waals surface area contributed by atoms with Crippen LogP contribution < -0.4 is 4.74 Å². The molecule has 0 bridgehead atoms. The standard InChI is InChI=1S/C19H19FN2O2S.C2H6/c1-14(24-25(2,3)4)22-13-16-11-17(20)7-10-19(16)23-18-8-5-15(12-21)6-9-18;1-2/h5-11,13H,1H2,2-4H3;1-2H3/b22-13+;. The molecule has 0 aliphatic carbocycles. The molecule has 2 aromatic carbocycles. The fourth-order valence-electron chi connectivity index (χ4n) is 1.89. The summed E-state index contributed by atoms with van der Waals surface area (Å²) in [7, 11) is -1.25. The molecule has 0 radical (unpaired) electrons. The number of hydrogen-bond donors (Lipinski definition) is 0. The van der Waals surface area contributed by atoms with Crippen LogP contribution in [0.15, 0.2) is 59.9 Å². The minimum atomic E-state index is -1.25. The molecule has 0 saturated carbocycles. The van der Waals surface area contributed by atoms with Crippen molar-refractivity contribution in [3.05, 3.63) is 71.9 Å². The number of benzene rings is 2. The Bertz CT molecular complexity index is 835. The highest BCUT2D eigenvalue weighted by molar-refractivity contribution is 8.28. The van der Waals surface area contributed by atoms with Crippen LogP contribution in [-0.2, 0) is 4.18 Å². The highest BCUT2D eigenvalue weighted by Gasteiger charge is 2.08. The van der Waals surface area contributed by atoms with E-state index in [4.69, 9.17) is 14.2 Å². The first-order valence-corrected chi connectivity index (χ1v) is 11.1. The minimum Gasteiger partial charge on any atom is -0.457 e. The van der Waals surface area contributed by atoms with E-state index in [9.17, 15) is 4.39 Å². The molecule has 0 fully saturated rings. The Morgan fingerprint density at radius 2 is 1.78 bits per heavy atom. The van der Waals surface area contributed by atoms with Crippen LogP contribution in [0.5, 0.6) is 11.5 Å². The molecule has 6 heteroatoms. The average Bonchev–Trinajstić information content (AvgIpc) is 2.63. The summed E-state index contributed by atoms with van der Waals surface area (Å²) in [5.74, 6) is 0.831. The van der Waals surface area contributed by atoms with Crippen molar-refractivity contribution in [1.82, 2.24) is 0 Å². The molecule has 0 aromatic heterocycles. The first-order valence-electron chi connectivity index (χ1n) is 8.35. The van der Waals surface area contributed by atoms with E-state index in [-0.39, 0.29) is 5.88 Å². The van der Waals surface area contributed by atoms with Crippen molar-refractivity contribution in [3.8, 4) is 17.6 Å². The van der Waals surface area contributed by atoms with Gasteiger partial charge in [0.15, 0.2) is 0 Å². The topological polar surface area (TPSA) is 54.6 Å². The molecule has 0 aliphatic heterocycles. The first-order chi connectivity index (χ1) is 12.8. The summed E-state index contributed by atoms with van der Waals surface area (Å²) in [6, 6.07) is 12.8. The third-order valence-corrected chi connectivity index (χ3v) is 3.57. The van der Waals surface area contributed by atoms with E-state index in [0.717, 1.165) is 0 Å². The molecule has 144 valence electrons. The van der Waals surface area contributed by atoms with Crippen molar-refractivity contribution in [3.63, 3.8) is 0 Å². The van der Waals surface area contributed by atoms with Gasteiger partial charge in [-0.3, -0.25) is 0 Å². The number of rotatable bonds is 6. The number of nitrogens with zero attached hydrogens (tertiary/aromatic N) is 2. The summed E-state index contributed by atoms with van der Waals surface area (Å²) in [4.78, 5) is 4.14. The van der Waals surface area contributed by atoms with E-state index in [0.29, 0.717) is 22.6 Å². The molecule has 0 N–H and O–H groups in total. The summed E-state index contributed by atoms with van der Waals surface area (Å²) >= 11 is 0. The zero-order chi connectivity index (χ0) is 20.4. The van der Waals surface area contributed by atoms with Gasteiger partial charge >= 0.3 is 0 Å². The highest BCUT2D eigenvalue weighted by atomic mass is 32.3. The molecule has 0 saturated heterocycles. The molecule has 0 aliphatic rings. The van der Waals surface area contributed by atoms with E-state index >= 15 is 0 Å². The molecule has 0 atom stereocenters. The van der Waals surface area contributed by atoms with E-state index in [2.05, 4.69) is 11.6 Å². The molecule has 0 heterocycles. The summed E-state index contributed by atoms with van der Waals surface area (Å²) in [6.07, 6.45) is 7.36. The molecule has 2 aromatic rings. The van der Waals surface area contributed by atoms with Gasteiger partial charge < -0.3 is 8.92 Å². The Morgan fingerprint density at radius 3 is 2.33 bits per heavy atom. The quantitative estimate of drug-likeness (QED) is 0.448. The van der Waals surface area contributed by atoms with E-state index in [1.54, 1.807) is 24.3 Å². The largest absolute Gasteiger partial charge is 0.457 e. The van der Waals surface area contributed by atoms with E-state index in [1.165, 1.54) is 24.4 Å². The maximum Gasteiger partial charge on any atom is 0.217 e. The molecule has 0 spiro atoms. The predicted molar refractivity (Wildman–Crippen MR) is 112 cm³/mol. The first kappa shape index (κ1) is 22.3. The fraction of sp³-hybridized carbons (Fsp3) is 0.238. The average molecular weight is 389 g/mol. The third kappa shape index (κ3) is 7.97. The van der Waals surface area contributed by atoms with Crippen molar-refractivity contribution in [2.45, 2.75) is 13.8 Å². The number of hydrogen-bond acceptors (Lipinski definition) is 4. The Balaban J connectivity index is 0.00000176. The monoisotopic (exact) mass is 388 g/mol. The lowest BCUT2D eigenvalue weighted by molar-refractivity contribution is 0.478. The lowest BCUT2D eigenvalue weighted by Gasteiger charge is -2.25. The van der Waals surface area contributed by atoms with Crippen LogP contribution in [0.2, 0.25) is 0 Å². The van der Waals surface area contributed by atoms with E-state index in [1.807, 2.05) is 38.7 Å². The highest BCUT2D eigenvalue weighted by Crippen LogP contribution is 2.38. The van der Waals surface area contributed by atoms with Gasteiger partial charge in [-0.05, 0) is 67.8 Å². The molecule has 4 nitrogen and oxygen atoms in total. The van der Waals surface area contributed by atoms with Crippen LogP contribution in [0.1, 0.15) is 25.0 Å². The van der Waals surface area contributed by atoms with Gasteiger partial charge in [0.05, 0.1) is 11.6 Å². The van der Waals surface area contributed by atoms with Gasteiger partial charge in [-0.2, -0.15) is 5.26 Å². The lowest BCUT2D eigenvalue weighted by atomic mass is 10.2. The van der Waals surface area contributed by atoms with Gasteiger partial charge in [-0.1, -0.05) is 24.2 Å². The predicted octanol–water partition coefficient (Wildman–Crippen LogP) is 6.03. The van der Waals surface area contributed by atoms with Crippen LogP contribution in [0.4, 0.5) is 4.39 Å². The summed E-state index contributed by atoms with van der Waals surface area (Å²) in [6.45, 7) is 7.75.